The number of fused-ring (bicyclic) bond motifs is 1. The smallest absolute Gasteiger partial charge is 0.341 e. The van der Waals surface area contributed by atoms with Crippen LogP contribution in [0, 0.1) is 11.8 Å². The van der Waals surface area contributed by atoms with Gasteiger partial charge in [0.2, 0.25) is 0 Å². The molecule has 130 valence electrons. The number of nitrogens with one attached hydrogen (secondary N) is 1. The highest BCUT2D eigenvalue weighted by Gasteiger charge is 2.32. The van der Waals surface area contributed by atoms with Crippen molar-refractivity contribution in [2.75, 3.05) is 19.0 Å². The Morgan fingerprint density at radius 1 is 1.25 bits per heavy atom. The number of hydrogen-bond acceptors (Lipinski definition) is 6. The van der Waals surface area contributed by atoms with Crippen molar-refractivity contribution in [3.63, 3.8) is 0 Å². The van der Waals surface area contributed by atoms with Crippen LogP contribution in [0.3, 0.4) is 0 Å². The van der Waals surface area contributed by atoms with Crippen molar-refractivity contribution in [2.24, 2.45) is 11.8 Å². The fraction of sp³-hybridized carbons (Fsp3) is 0.588. The van der Waals surface area contributed by atoms with Crippen molar-refractivity contribution in [1.29, 1.82) is 0 Å². The summed E-state index contributed by atoms with van der Waals surface area (Å²) >= 11 is 1.42. The Kier molecular flexibility index (Phi) is 4.89. The fourth-order valence-corrected chi connectivity index (χ4v) is 4.31. The van der Waals surface area contributed by atoms with Crippen molar-refractivity contribution < 1.29 is 23.9 Å². The highest BCUT2D eigenvalue weighted by Crippen LogP contribution is 2.40. The molecule has 1 amide bonds. The minimum atomic E-state index is -0.438. The van der Waals surface area contributed by atoms with Crippen LogP contribution in [0.25, 0.3) is 0 Å². The number of anilines is 1. The number of amides is 1. The Morgan fingerprint density at radius 2 is 2.00 bits per heavy atom. The predicted molar refractivity (Wildman–Crippen MR) is 89.2 cm³/mol. The molecule has 2 aliphatic carbocycles. The highest BCUT2D eigenvalue weighted by molar-refractivity contribution is 7.17. The van der Waals surface area contributed by atoms with E-state index in [2.05, 4.69) is 12.2 Å². The van der Waals surface area contributed by atoms with Gasteiger partial charge in [-0.2, -0.15) is 0 Å². The molecular formula is C17H21NO5S. The lowest BCUT2D eigenvalue weighted by Gasteiger charge is -2.18. The zero-order valence-corrected chi connectivity index (χ0v) is 14.7. The maximum atomic E-state index is 12.1. The molecule has 1 heterocycles. The first-order chi connectivity index (χ1) is 11.5. The van der Waals surface area contributed by atoms with Gasteiger partial charge in [-0.3, -0.25) is 9.59 Å². The SMILES string of the molecule is COC(=O)c1c(NC(=O)COC(=O)C2CC2)sc2c1CC[C@@H](C)C2. The Bertz CT molecular complexity index is 677. The molecule has 1 aromatic heterocycles. The summed E-state index contributed by atoms with van der Waals surface area (Å²) in [5, 5.41) is 3.21. The summed E-state index contributed by atoms with van der Waals surface area (Å²) in [7, 11) is 1.33. The van der Waals surface area contributed by atoms with Crippen molar-refractivity contribution in [1.82, 2.24) is 0 Å². The fourth-order valence-electron chi connectivity index (χ4n) is 2.89. The van der Waals surface area contributed by atoms with Crippen LogP contribution < -0.4 is 5.32 Å². The van der Waals surface area contributed by atoms with E-state index in [0.29, 0.717) is 16.5 Å². The number of methoxy groups -OCH3 is 1. The second-order valence-electron chi connectivity index (χ2n) is 6.48. The number of hydrogen-bond donors (Lipinski definition) is 1. The van der Waals surface area contributed by atoms with Crippen LogP contribution in [-0.2, 0) is 31.9 Å². The molecule has 0 bridgehead atoms. The third-order valence-electron chi connectivity index (χ3n) is 4.41. The van der Waals surface area contributed by atoms with E-state index in [1.165, 1.54) is 18.4 Å². The second kappa shape index (κ2) is 6.93. The average molecular weight is 351 g/mol. The Morgan fingerprint density at radius 3 is 2.67 bits per heavy atom. The molecule has 0 aromatic carbocycles. The lowest BCUT2D eigenvalue weighted by atomic mass is 9.88. The van der Waals surface area contributed by atoms with Crippen LogP contribution in [0.2, 0.25) is 0 Å². The number of ether oxygens (including phenoxy) is 2. The van der Waals surface area contributed by atoms with Gasteiger partial charge in [0, 0.05) is 4.88 Å². The maximum Gasteiger partial charge on any atom is 0.341 e. The van der Waals surface area contributed by atoms with E-state index in [4.69, 9.17) is 9.47 Å². The minimum Gasteiger partial charge on any atom is -0.465 e. The van der Waals surface area contributed by atoms with E-state index < -0.39 is 11.9 Å². The van der Waals surface area contributed by atoms with E-state index in [1.807, 2.05) is 0 Å². The molecule has 0 aliphatic heterocycles. The lowest BCUT2D eigenvalue weighted by Crippen LogP contribution is -2.22. The molecule has 24 heavy (non-hydrogen) atoms. The zero-order valence-electron chi connectivity index (χ0n) is 13.8. The molecule has 1 aromatic rings. The largest absolute Gasteiger partial charge is 0.465 e. The summed E-state index contributed by atoms with van der Waals surface area (Å²) in [5.74, 6) is -0.672. The van der Waals surface area contributed by atoms with Crippen molar-refractivity contribution >= 4 is 34.2 Å². The first-order valence-electron chi connectivity index (χ1n) is 8.19. The summed E-state index contributed by atoms with van der Waals surface area (Å²) in [4.78, 5) is 36.8. The molecule has 0 unspecified atom stereocenters. The summed E-state index contributed by atoms with van der Waals surface area (Å²) in [6, 6.07) is 0. The first-order valence-corrected chi connectivity index (χ1v) is 9.00. The Balaban J connectivity index is 1.72. The van der Waals surface area contributed by atoms with E-state index in [0.717, 1.165) is 42.5 Å². The highest BCUT2D eigenvalue weighted by atomic mass is 32.1. The third-order valence-corrected chi connectivity index (χ3v) is 5.58. The van der Waals surface area contributed by atoms with Crippen LogP contribution in [0.4, 0.5) is 5.00 Å². The molecule has 6 nitrogen and oxygen atoms in total. The van der Waals surface area contributed by atoms with Gasteiger partial charge in [0.25, 0.3) is 5.91 Å². The molecule has 3 rings (SSSR count). The quantitative estimate of drug-likeness (QED) is 0.825. The number of thiophene rings is 1. The molecule has 0 radical (unpaired) electrons. The van der Waals surface area contributed by atoms with Crippen molar-refractivity contribution in [3.8, 4) is 0 Å². The van der Waals surface area contributed by atoms with Gasteiger partial charge < -0.3 is 14.8 Å². The van der Waals surface area contributed by atoms with Crippen molar-refractivity contribution in [3.05, 3.63) is 16.0 Å². The van der Waals surface area contributed by atoms with Crippen LogP contribution >= 0.6 is 11.3 Å². The Labute approximate surface area is 144 Å². The average Bonchev–Trinajstić information content (AvgIpc) is 3.34. The summed E-state index contributed by atoms with van der Waals surface area (Å²) in [5.41, 5.74) is 1.43. The van der Waals surface area contributed by atoms with Gasteiger partial charge in [0.15, 0.2) is 6.61 Å². The summed E-state index contributed by atoms with van der Waals surface area (Å²) < 4.78 is 9.86. The first kappa shape index (κ1) is 17.0. The van der Waals surface area contributed by atoms with Gasteiger partial charge >= 0.3 is 11.9 Å². The van der Waals surface area contributed by atoms with Crippen molar-refractivity contribution in [2.45, 2.75) is 39.0 Å². The maximum absolute atomic E-state index is 12.1. The number of esters is 2. The molecule has 7 heteroatoms. The van der Waals surface area contributed by atoms with Gasteiger partial charge in [0.05, 0.1) is 18.6 Å². The third kappa shape index (κ3) is 3.61. The molecular weight excluding hydrogens is 330 g/mol. The molecule has 2 aliphatic rings. The monoisotopic (exact) mass is 351 g/mol. The normalized spacial score (nSPS) is 19.3. The standard InChI is InChI=1S/C17H21NO5S/c1-9-3-6-11-12(7-9)24-15(14(11)17(21)22-2)18-13(19)8-23-16(20)10-4-5-10/h9-10H,3-8H2,1-2H3,(H,18,19)/t9-/m1/s1. The molecule has 0 saturated heterocycles. The van der Waals surface area contributed by atoms with Crippen LogP contribution in [0.5, 0.6) is 0 Å². The molecule has 1 saturated carbocycles. The number of carbonyl (C=O) groups is 3. The van der Waals surface area contributed by atoms with E-state index in [-0.39, 0.29) is 18.5 Å². The second-order valence-corrected chi connectivity index (χ2v) is 7.58. The molecule has 1 fully saturated rings. The van der Waals surface area contributed by atoms with Gasteiger partial charge in [-0.25, -0.2) is 4.79 Å². The summed E-state index contributed by atoms with van der Waals surface area (Å²) in [6.07, 6.45) is 4.39. The minimum absolute atomic E-state index is 0.0426. The van der Waals surface area contributed by atoms with Gasteiger partial charge in [-0.1, -0.05) is 6.92 Å². The van der Waals surface area contributed by atoms with Gasteiger partial charge in [0.1, 0.15) is 5.00 Å². The van der Waals surface area contributed by atoms with Crippen LogP contribution in [0.1, 0.15) is 47.0 Å². The Hall–Kier alpha value is -1.89. The predicted octanol–water partition coefficient (Wildman–Crippen LogP) is 2.55. The zero-order chi connectivity index (χ0) is 17.3. The van der Waals surface area contributed by atoms with Crippen LogP contribution in [0.15, 0.2) is 0 Å². The van der Waals surface area contributed by atoms with E-state index in [9.17, 15) is 14.4 Å². The van der Waals surface area contributed by atoms with E-state index in [1.54, 1.807) is 0 Å². The molecule has 1 atom stereocenters. The number of carbonyl (C=O) groups excluding carboxylic acids is 3. The van der Waals surface area contributed by atoms with E-state index >= 15 is 0 Å². The molecule has 1 N–H and O–H groups in total. The van der Waals surface area contributed by atoms with Gasteiger partial charge in [-0.05, 0) is 43.6 Å². The lowest BCUT2D eigenvalue weighted by molar-refractivity contribution is -0.148. The molecule has 0 spiro atoms. The number of rotatable bonds is 5. The topological polar surface area (TPSA) is 81.7 Å². The van der Waals surface area contributed by atoms with Crippen LogP contribution in [-0.4, -0.2) is 31.6 Å². The summed E-state index contributed by atoms with van der Waals surface area (Å²) in [6.45, 7) is 1.85. The van der Waals surface area contributed by atoms with Gasteiger partial charge in [-0.15, -0.1) is 11.3 Å².